The van der Waals surface area contributed by atoms with Crippen molar-refractivity contribution in [1.29, 1.82) is 0 Å². The van der Waals surface area contributed by atoms with Crippen LogP contribution in [0, 0.1) is 23.2 Å². The molecular weight excluding hydrogens is 372 g/mol. The summed E-state index contributed by atoms with van der Waals surface area (Å²) in [6.45, 7) is 14.7. The van der Waals surface area contributed by atoms with Crippen molar-refractivity contribution in [3.8, 4) is 5.75 Å². The summed E-state index contributed by atoms with van der Waals surface area (Å²) in [5.74, 6) is 4.29. The lowest BCUT2D eigenvalue weighted by Gasteiger charge is -2.54. The minimum absolute atomic E-state index is 0.200. The van der Waals surface area contributed by atoms with Gasteiger partial charge in [-0.15, -0.1) is 0 Å². The molecule has 0 unspecified atom stereocenters. The molecule has 4 aliphatic rings. The molecule has 5 rings (SSSR count). The third-order valence-corrected chi connectivity index (χ3v) is 14.6. The van der Waals surface area contributed by atoms with E-state index in [0.29, 0.717) is 10.5 Å². The van der Waals surface area contributed by atoms with Gasteiger partial charge in [-0.05, 0) is 109 Å². The van der Waals surface area contributed by atoms with Crippen LogP contribution in [0.15, 0.2) is 18.2 Å². The first-order valence-electron chi connectivity index (χ1n) is 11.9. The van der Waals surface area contributed by atoms with E-state index in [0.717, 1.165) is 29.4 Å². The maximum atomic E-state index is 7.30. The molecule has 0 aromatic heterocycles. The molecule has 3 fully saturated rings. The maximum Gasteiger partial charge on any atom is 0.192 e. The summed E-state index contributed by atoms with van der Waals surface area (Å²) in [4.78, 5) is 0. The Balaban J connectivity index is 1.44. The van der Waals surface area contributed by atoms with E-state index in [1.165, 1.54) is 38.5 Å². The van der Waals surface area contributed by atoms with Crippen molar-refractivity contribution in [3.05, 3.63) is 29.3 Å². The molecule has 0 saturated heterocycles. The first-order chi connectivity index (χ1) is 13.5. The zero-order valence-electron chi connectivity index (χ0n) is 19.6. The molecule has 0 aliphatic heterocycles. The van der Waals surface area contributed by atoms with Crippen LogP contribution in [0.2, 0.25) is 18.1 Å². The molecule has 0 bridgehead atoms. The first kappa shape index (κ1) is 20.1. The summed E-state index contributed by atoms with van der Waals surface area (Å²) >= 11 is 0. The highest BCUT2D eigenvalue weighted by Crippen LogP contribution is 2.77. The molecular formula is C26H40O2Si. The summed E-state index contributed by atoms with van der Waals surface area (Å²) in [6, 6.07) is 6.86. The molecule has 0 amide bonds. The van der Waals surface area contributed by atoms with E-state index >= 15 is 0 Å². The predicted molar refractivity (Wildman–Crippen MR) is 122 cm³/mol. The molecule has 0 N–H and O–H groups in total. The lowest BCUT2D eigenvalue weighted by Crippen LogP contribution is -2.53. The van der Waals surface area contributed by atoms with Gasteiger partial charge in [0.25, 0.3) is 0 Å². The van der Waals surface area contributed by atoms with Gasteiger partial charge in [0, 0.05) is 0 Å². The Kier molecular flexibility index (Phi) is 4.25. The van der Waals surface area contributed by atoms with Gasteiger partial charge in [-0.25, -0.2) is 0 Å². The van der Waals surface area contributed by atoms with Gasteiger partial charge in [0.2, 0.25) is 0 Å². The van der Waals surface area contributed by atoms with Crippen molar-refractivity contribution < 1.29 is 9.16 Å². The fourth-order valence-electron chi connectivity index (χ4n) is 7.40. The van der Waals surface area contributed by atoms with Crippen molar-refractivity contribution in [3.63, 3.8) is 0 Å². The van der Waals surface area contributed by atoms with Gasteiger partial charge in [-0.2, -0.15) is 0 Å². The normalized spacial score (nSPS) is 40.5. The Morgan fingerprint density at radius 2 is 1.90 bits per heavy atom. The number of ether oxygens (including phenoxy) is 1. The van der Waals surface area contributed by atoms with Gasteiger partial charge < -0.3 is 9.16 Å². The van der Waals surface area contributed by atoms with Crippen molar-refractivity contribution >= 4 is 8.32 Å². The van der Waals surface area contributed by atoms with E-state index in [2.05, 4.69) is 59.0 Å². The van der Waals surface area contributed by atoms with E-state index in [1.807, 2.05) is 0 Å². The zero-order chi connectivity index (χ0) is 20.8. The smallest absolute Gasteiger partial charge is 0.192 e. The van der Waals surface area contributed by atoms with E-state index in [9.17, 15) is 0 Å². The van der Waals surface area contributed by atoms with E-state index in [-0.39, 0.29) is 5.60 Å². The molecule has 0 spiro atoms. The zero-order valence-corrected chi connectivity index (χ0v) is 20.6. The molecule has 160 valence electrons. The largest absolute Gasteiger partial charge is 0.497 e. The highest BCUT2D eigenvalue weighted by Gasteiger charge is 2.76. The maximum absolute atomic E-state index is 7.30. The lowest BCUT2D eigenvalue weighted by atomic mass is 9.54. The Morgan fingerprint density at radius 1 is 1.14 bits per heavy atom. The Hall–Kier alpha value is -0.803. The topological polar surface area (TPSA) is 18.5 Å². The molecule has 29 heavy (non-hydrogen) atoms. The number of aryl methyl sites for hydroxylation is 1. The molecule has 1 aromatic carbocycles. The highest BCUT2D eigenvalue weighted by molar-refractivity contribution is 6.74. The minimum Gasteiger partial charge on any atom is -0.497 e. The monoisotopic (exact) mass is 412 g/mol. The Bertz CT molecular complexity index is 824. The SMILES string of the molecule is COc1ccc2c(c1)CC[C@@H]1[C@@H]2CC[C@@]2(C)[C@H]1C[C@H]1C[C@]12O[Si](C)(C)C(C)(C)C. The molecule has 1 aromatic rings. The van der Waals surface area contributed by atoms with Crippen LogP contribution in [-0.2, 0) is 10.8 Å². The fourth-order valence-corrected chi connectivity index (χ4v) is 9.10. The van der Waals surface area contributed by atoms with Crippen molar-refractivity contribution in [2.24, 2.45) is 23.2 Å². The number of fused-ring (bicyclic) bond motifs is 7. The molecule has 3 saturated carbocycles. The second-order valence-electron chi connectivity index (χ2n) is 12.3. The van der Waals surface area contributed by atoms with Crippen LogP contribution in [0.5, 0.6) is 5.75 Å². The molecule has 6 atom stereocenters. The molecule has 2 nitrogen and oxygen atoms in total. The first-order valence-corrected chi connectivity index (χ1v) is 14.8. The Morgan fingerprint density at radius 3 is 2.59 bits per heavy atom. The summed E-state index contributed by atoms with van der Waals surface area (Å²) in [6.07, 6.45) is 8.01. The third kappa shape index (κ3) is 2.68. The van der Waals surface area contributed by atoms with Crippen LogP contribution >= 0.6 is 0 Å². The van der Waals surface area contributed by atoms with Crippen LogP contribution in [0.1, 0.15) is 76.8 Å². The van der Waals surface area contributed by atoms with Gasteiger partial charge in [-0.3, -0.25) is 0 Å². The quantitative estimate of drug-likeness (QED) is 0.500. The van der Waals surface area contributed by atoms with E-state index in [4.69, 9.17) is 9.16 Å². The highest BCUT2D eigenvalue weighted by atomic mass is 28.4. The van der Waals surface area contributed by atoms with Crippen molar-refractivity contribution in [1.82, 2.24) is 0 Å². The van der Waals surface area contributed by atoms with Gasteiger partial charge in [0.15, 0.2) is 8.32 Å². The summed E-state index contributed by atoms with van der Waals surface area (Å²) in [5.41, 5.74) is 3.76. The van der Waals surface area contributed by atoms with E-state index in [1.54, 1.807) is 18.2 Å². The molecule has 0 radical (unpaired) electrons. The van der Waals surface area contributed by atoms with Crippen LogP contribution in [0.3, 0.4) is 0 Å². The summed E-state index contributed by atoms with van der Waals surface area (Å²) in [7, 11) is 0.0342. The van der Waals surface area contributed by atoms with Gasteiger partial charge in [-0.1, -0.05) is 33.8 Å². The summed E-state index contributed by atoms with van der Waals surface area (Å²) < 4.78 is 12.8. The van der Waals surface area contributed by atoms with Crippen LogP contribution in [-0.4, -0.2) is 21.0 Å². The lowest BCUT2D eigenvalue weighted by molar-refractivity contribution is -0.0508. The number of rotatable bonds is 3. The van der Waals surface area contributed by atoms with Gasteiger partial charge >= 0.3 is 0 Å². The molecule has 3 heteroatoms. The fraction of sp³-hybridized carbons (Fsp3) is 0.769. The van der Waals surface area contributed by atoms with E-state index < -0.39 is 8.32 Å². The average Bonchev–Trinajstić information content (AvgIpc) is 3.29. The number of hydrogen-bond donors (Lipinski definition) is 0. The van der Waals surface area contributed by atoms with Gasteiger partial charge in [0.1, 0.15) is 5.75 Å². The second kappa shape index (κ2) is 6.13. The molecule has 4 aliphatic carbocycles. The van der Waals surface area contributed by atoms with Crippen LogP contribution in [0.4, 0.5) is 0 Å². The molecule has 0 heterocycles. The standard InChI is InChI=1S/C26H40O2Si/c1-24(2,3)29(6,7)28-26-16-18(26)15-23-22-10-8-17-14-19(27-5)9-11-20(17)21(22)12-13-25(23,26)4/h9,11,14,18,21-23H,8,10,12-13,15-16H2,1-7H3/t18-,21+,22+,23-,25-,26-/m0/s1. The van der Waals surface area contributed by atoms with Crippen molar-refractivity contribution in [2.75, 3.05) is 7.11 Å². The third-order valence-electron chi connectivity index (χ3n) is 10.1. The van der Waals surface area contributed by atoms with Crippen LogP contribution in [0.25, 0.3) is 0 Å². The van der Waals surface area contributed by atoms with Crippen molar-refractivity contribution in [2.45, 2.75) is 95.9 Å². The number of methoxy groups -OCH3 is 1. The average molecular weight is 413 g/mol. The van der Waals surface area contributed by atoms with Gasteiger partial charge in [0.05, 0.1) is 12.7 Å². The predicted octanol–water partition coefficient (Wildman–Crippen LogP) is 6.94. The Labute approximate surface area is 178 Å². The van der Waals surface area contributed by atoms with Crippen LogP contribution < -0.4 is 4.74 Å². The summed E-state index contributed by atoms with van der Waals surface area (Å²) in [5, 5.41) is 0.295. The second-order valence-corrected chi connectivity index (χ2v) is 17.0. The number of hydrogen-bond acceptors (Lipinski definition) is 2. The number of benzene rings is 1. The minimum atomic E-state index is -1.75.